The summed E-state index contributed by atoms with van der Waals surface area (Å²) in [4.78, 5) is 26.4. The number of carbonyl (C=O) groups excluding carboxylic acids is 2. The molecule has 0 saturated carbocycles. The van der Waals surface area contributed by atoms with Crippen molar-refractivity contribution in [3.63, 3.8) is 0 Å². The van der Waals surface area contributed by atoms with E-state index >= 15 is 0 Å². The Labute approximate surface area is 168 Å². The van der Waals surface area contributed by atoms with Gasteiger partial charge >= 0.3 is 12.2 Å². The molecule has 7 heteroatoms. The van der Waals surface area contributed by atoms with E-state index in [1.54, 1.807) is 4.90 Å². The fraction of sp³-hybridized carbons (Fsp3) is 0.714. The van der Waals surface area contributed by atoms with E-state index in [1.165, 1.54) is 0 Å². The van der Waals surface area contributed by atoms with E-state index in [4.69, 9.17) is 9.47 Å². The summed E-state index contributed by atoms with van der Waals surface area (Å²) in [7, 11) is 0. The highest BCUT2D eigenvalue weighted by molar-refractivity contribution is 5.70. The Balaban J connectivity index is 2.74. The first kappa shape index (κ1) is 24.0. The molecular weight excluding hydrogens is 360 g/mol. The van der Waals surface area contributed by atoms with Gasteiger partial charge in [-0.25, -0.2) is 9.59 Å². The van der Waals surface area contributed by atoms with Gasteiger partial charge in [0.25, 0.3) is 0 Å². The van der Waals surface area contributed by atoms with Crippen LogP contribution < -0.4 is 5.32 Å². The largest absolute Gasteiger partial charge is 0.449 e. The van der Waals surface area contributed by atoms with Crippen molar-refractivity contribution in [2.45, 2.75) is 65.0 Å². The lowest BCUT2D eigenvalue weighted by molar-refractivity contribution is -0.00102. The lowest BCUT2D eigenvalue weighted by atomic mass is 9.79. The van der Waals surface area contributed by atoms with Gasteiger partial charge in [-0.1, -0.05) is 31.2 Å². The monoisotopic (exact) mass is 396 g/mol. The molecule has 2 atom stereocenters. The van der Waals surface area contributed by atoms with Gasteiger partial charge in [-0.05, 0) is 47.0 Å². The van der Waals surface area contributed by atoms with Crippen LogP contribution in [0.1, 0.15) is 53.9 Å². The zero-order chi connectivity index (χ0) is 21.2. The average molecular weight is 397 g/mol. The maximum absolute atomic E-state index is 12.5. The normalized spacial score (nSPS) is 21.7. The predicted octanol–water partition coefficient (Wildman–Crippen LogP) is 3.63. The molecule has 0 bridgehead atoms. The van der Waals surface area contributed by atoms with Gasteiger partial charge in [0.2, 0.25) is 0 Å². The molecule has 0 aromatic rings. The Morgan fingerprint density at radius 3 is 2.64 bits per heavy atom. The number of carbonyl (C=O) groups is 2. The molecule has 0 aliphatic carbocycles. The number of piperidine rings is 1. The van der Waals surface area contributed by atoms with Gasteiger partial charge in [0, 0.05) is 25.6 Å². The van der Waals surface area contributed by atoms with Crippen molar-refractivity contribution >= 4 is 12.2 Å². The molecule has 1 aliphatic heterocycles. The molecule has 0 spiro atoms. The summed E-state index contributed by atoms with van der Waals surface area (Å²) in [5.74, 6) is -0.236. The van der Waals surface area contributed by atoms with E-state index < -0.39 is 23.3 Å². The quantitative estimate of drug-likeness (QED) is 0.507. The molecular formula is C21H36N2O5. The molecule has 7 nitrogen and oxygen atoms in total. The number of hydrogen-bond acceptors (Lipinski definition) is 5. The summed E-state index contributed by atoms with van der Waals surface area (Å²) in [5, 5.41) is 12.7. The molecule has 0 aromatic carbocycles. The third-order valence-electron chi connectivity index (χ3n) is 4.70. The van der Waals surface area contributed by atoms with E-state index in [0.717, 1.165) is 0 Å². The lowest BCUT2D eigenvalue weighted by Crippen LogP contribution is -2.64. The van der Waals surface area contributed by atoms with Crippen LogP contribution in [-0.4, -0.2) is 59.6 Å². The summed E-state index contributed by atoms with van der Waals surface area (Å²) in [6, 6.07) is 0. The molecule has 0 radical (unpaired) electrons. The number of nitrogens with one attached hydrogen (secondary N) is 1. The van der Waals surface area contributed by atoms with Crippen LogP contribution in [0.4, 0.5) is 9.59 Å². The zero-order valence-electron chi connectivity index (χ0n) is 17.9. The lowest BCUT2D eigenvalue weighted by Gasteiger charge is -2.46. The Hall–Kier alpha value is -2.02. The second kappa shape index (κ2) is 11.1. The molecule has 1 fully saturated rings. The van der Waals surface area contributed by atoms with Crippen LogP contribution in [0, 0.1) is 5.92 Å². The molecule has 2 N–H and O–H groups in total. The van der Waals surface area contributed by atoms with Gasteiger partial charge in [-0.15, -0.1) is 0 Å². The number of hydrogen-bond donors (Lipinski definition) is 2. The smallest absolute Gasteiger partial charge is 0.410 e. The van der Waals surface area contributed by atoms with E-state index in [2.05, 4.69) is 5.32 Å². The van der Waals surface area contributed by atoms with Gasteiger partial charge in [0.15, 0.2) is 0 Å². The van der Waals surface area contributed by atoms with Crippen LogP contribution in [0.2, 0.25) is 0 Å². The van der Waals surface area contributed by atoms with Crippen molar-refractivity contribution in [3.05, 3.63) is 24.3 Å². The third-order valence-corrected chi connectivity index (χ3v) is 4.70. The SMILES string of the molecule is C/C=C\C=C/CCOC(=O)NC1(C(C)CO)CCCN(C(=O)OC(C)(C)C)C1. The standard InChI is InChI=1S/C21H36N2O5/c1-6-7-8-9-10-14-27-18(25)22-21(17(2)15-24)12-11-13-23(16-21)19(26)28-20(3,4)5/h6-9,17,24H,10-16H2,1-5H3,(H,22,25)/b7-6-,9-8-. The Morgan fingerprint density at radius 2 is 2.04 bits per heavy atom. The molecule has 1 heterocycles. The molecule has 1 rings (SSSR count). The highest BCUT2D eigenvalue weighted by Gasteiger charge is 2.43. The number of allylic oxidation sites excluding steroid dienone is 3. The van der Waals surface area contributed by atoms with Crippen molar-refractivity contribution in [1.82, 2.24) is 10.2 Å². The highest BCUT2D eigenvalue weighted by Crippen LogP contribution is 2.30. The molecule has 2 amide bonds. The number of aliphatic hydroxyl groups excluding tert-OH is 1. The minimum atomic E-state index is -0.748. The van der Waals surface area contributed by atoms with Crippen LogP contribution in [-0.2, 0) is 9.47 Å². The summed E-state index contributed by atoms with van der Waals surface area (Å²) in [6.45, 7) is 10.2. The van der Waals surface area contributed by atoms with E-state index in [0.29, 0.717) is 25.8 Å². The number of rotatable bonds is 7. The van der Waals surface area contributed by atoms with Gasteiger partial charge in [0.1, 0.15) is 5.60 Å². The van der Waals surface area contributed by atoms with Crippen LogP contribution in [0.5, 0.6) is 0 Å². The fourth-order valence-electron chi connectivity index (χ4n) is 3.11. The molecule has 2 unspecified atom stereocenters. The Kier molecular flexibility index (Phi) is 9.52. The summed E-state index contributed by atoms with van der Waals surface area (Å²) in [6.07, 6.45) is 8.68. The summed E-state index contributed by atoms with van der Waals surface area (Å²) >= 11 is 0. The second-order valence-corrected chi connectivity index (χ2v) is 8.25. The van der Waals surface area contributed by atoms with E-state index in [-0.39, 0.29) is 25.7 Å². The average Bonchev–Trinajstić information content (AvgIpc) is 2.62. The summed E-state index contributed by atoms with van der Waals surface area (Å²) < 4.78 is 10.7. The van der Waals surface area contributed by atoms with Gasteiger partial charge in [-0.3, -0.25) is 0 Å². The minimum Gasteiger partial charge on any atom is -0.449 e. The zero-order valence-corrected chi connectivity index (χ0v) is 17.9. The topological polar surface area (TPSA) is 88.1 Å². The van der Waals surface area contributed by atoms with Crippen LogP contribution in [0.15, 0.2) is 24.3 Å². The first-order chi connectivity index (χ1) is 13.1. The van der Waals surface area contributed by atoms with E-state index in [1.807, 2.05) is 58.9 Å². The molecule has 1 aliphatic rings. The number of amides is 2. The van der Waals surface area contributed by atoms with Crippen molar-refractivity contribution in [2.24, 2.45) is 5.92 Å². The predicted molar refractivity (Wildman–Crippen MR) is 109 cm³/mol. The molecule has 1 saturated heterocycles. The third kappa shape index (κ3) is 7.92. The maximum atomic E-state index is 12.5. The number of alkyl carbamates (subject to hydrolysis) is 1. The van der Waals surface area contributed by atoms with Crippen molar-refractivity contribution in [2.75, 3.05) is 26.3 Å². The van der Waals surface area contributed by atoms with E-state index in [9.17, 15) is 14.7 Å². The van der Waals surface area contributed by atoms with Crippen molar-refractivity contribution in [1.29, 1.82) is 0 Å². The van der Waals surface area contributed by atoms with Crippen LogP contribution in [0.25, 0.3) is 0 Å². The molecule has 160 valence electrons. The number of aliphatic hydroxyl groups is 1. The first-order valence-corrected chi connectivity index (χ1v) is 9.95. The molecule has 28 heavy (non-hydrogen) atoms. The number of likely N-dealkylation sites (tertiary alicyclic amines) is 1. The molecule has 0 aromatic heterocycles. The maximum Gasteiger partial charge on any atom is 0.410 e. The van der Waals surface area contributed by atoms with Crippen molar-refractivity contribution in [3.8, 4) is 0 Å². The fourth-order valence-corrected chi connectivity index (χ4v) is 3.11. The minimum absolute atomic E-state index is 0.103. The van der Waals surface area contributed by atoms with Gasteiger partial charge < -0.3 is 24.8 Å². The van der Waals surface area contributed by atoms with Gasteiger partial charge in [0.05, 0.1) is 12.1 Å². The van der Waals surface area contributed by atoms with Crippen LogP contribution in [0.3, 0.4) is 0 Å². The summed E-state index contributed by atoms with van der Waals surface area (Å²) in [5.41, 5.74) is -1.34. The van der Waals surface area contributed by atoms with Crippen LogP contribution >= 0.6 is 0 Å². The second-order valence-electron chi connectivity index (χ2n) is 8.25. The number of ether oxygens (including phenoxy) is 2. The van der Waals surface area contributed by atoms with Gasteiger partial charge in [-0.2, -0.15) is 0 Å². The number of nitrogens with zero attached hydrogens (tertiary/aromatic N) is 1. The first-order valence-electron chi connectivity index (χ1n) is 9.95. The Bertz CT molecular complexity index is 568. The highest BCUT2D eigenvalue weighted by atomic mass is 16.6. The van der Waals surface area contributed by atoms with Crippen molar-refractivity contribution < 1.29 is 24.2 Å². The Morgan fingerprint density at radius 1 is 1.32 bits per heavy atom.